The van der Waals surface area contributed by atoms with Crippen LogP contribution in [0.5, 0.6) is 0 Å². The topological polar surface area (TPSA) is 66.8 Å². The Kier molecular flexibility index (Phi) is 26.7. The SMILES string of the molecule is CCCCCCCCCC/C=C\CCCCCCCCCCCCCC(=O)OCC(O)CO. The summed E-state index contributed by atoms with van der Waals surface area (Å²) in [6, 6.07) is 0. The molecule has 196 valence electrons. The first-order chi connectivity index (χ1) is 16.2. The molecule has 0 saturated carbocycles. The third kappa shape index (κ3) is 27.3. The second kappa shape index (κ2) is 27.4. The van der Waals surface area contributed by atoms with E-state index in [1.54, 1.807) is 0 Å². The minimum Gasteiger partial charge on any atom is -0.463 e. The molecule has 0 fully saturated rings. The lowest BCUT2D eigenvalue weighted by Gasteiger charge is -2.08. The summed E-state index contributed by atoms with van der Waals surface area (Å²) >= 11 is 0. The molecule has 0 aromatic rings. The lowest BCUT2D eigenvalue weighted by Crippen LogP contribution is -2.21. The van der Waals surface area contributed by atoms with Crippen LogP contribution in [0.1, 0.15) is 148 Å². The van der Waals surface area contributed by atoms with Gasteiger partial charge in [-0.05, 0) is 32.1 Å². The zero-order valence-corrected chi connectivity index (χ0v) is 21.9. The van der Waals surface area contributed by atoms with Crippen molar-refractivity contribution in [3.63, 3.8) is 0 Å². The lowest BCUT2D eigenvalue weighted by molar-refractivity contribution is -0.147. The van der Waals surface area contributed by atoms with Crippen LogP contribution >= 0.6 is 0 Å². The molecule has 1 atom stereocenters. The molecule has 4 nitrogen and oxygen atoms in total. The molecule has 0 aromatic heterocycles. The number of carbonyl (C=O) groups is 1. The van der Waals surface area contributed by atoms with Gasteiger partial charge in [0.25, 0.3) is 0 Å². The van der Waals surface area contributed by atoms with E-state index >= 15 is 0 Å². The molecule has 0 saturated heterocycles. The fourth-order valence-corrected chi connectivity index (χ4v) is 4.07. The molecule has 4 heteroatoms. The Balaban J connectivity index is 3.16. The minimum atomic E-state index is -0.958. The highest BCUT2D eigenvalue weighted by atomic mass is 16.5. The Bertz CT molecular complexity index is 422. The fourth-order valence-electron chi connectivity index (χ4n) is 4.07. The molecule has 0 aliphatic rings. The van der Waals surface area contributed by atoms with E-state index in [-0.39, 0.29) is 19.2 Å². The van der Waals surface area contributed by atoms with Gasteiger partial charge in [0.15, 0.2) is 0 Å². The molecule has 0 aliphatic carbocycles. The maximum atomic E-state index is 11.5. The van der Waals surface area contributed by atoms with Gasteiger partial charge in [0.2, 0.25) is 0 Å². The third-order valence-electron chi connectivity index (χ3n) is 6.29. The molecule has 0 aromatic carbocycles. The number of unbranched alkanes of at least 4 members (excludes halogenated alkanes) is 19. The maximum absolute atomic E-state index is 11.5. The van der Waals surface area contributed by atoms with Gasteiger partial charge < -0.3 is 14.9 Å². The normalized spacial score (nSPS) is 12.5. The van der Waals surface area contributed by atoms with E-state index in [0.717, 1.165) is 12.8 Å². The van der Waals surface area contributed by atoms with Gasteiger partial charge in [-0.15, -0.1) is 0 Å². The van der Waals surface area contributed by atoms with Crippen LogP contribution in [0, 0.1) is 0 Å². The highest BCUT2D eigenvalue weighted by molar-refractivity contribution is 5.69. The highest BCUT2D eigenvalue weighted by Crippen LogP contribution is 2.13. The molecule has 0 aliphatic heterocycles. The van der Waals surface area contributed by atoms with Crippen molar-refractivity contribution in [2.24, 2.45) is 0 Å². The summed E-state index contributed by atoms with van der Waals surface area (Å²) in [7, 11) is 0. The van der Waals surface area contributed by atoms with Crippen molar-refractivity contribution < 1.29 is 19.7 Å². The standard InChI is InChI=1S/C29H56O4/c1-2-3-4-5-6-7-8-9-10-11-12-13-14-15-16-17-18-19-20-21-22-23-24-25-29(32)33-27-28(31)26-30/h11-12,28,30-31H,2-10,13-27H2,1H3/b12-11-. The first-order valence-electron chi connectivity index (χ1n) is 14.3. The number of rotatable bonds is 26. The first kappa shape index (κ1) is 32.1. The highest BCUT2D eigenvalue weighted by Gasteiger charge is 2.07. The number of allylic oxidation sites excluding steroid dienone is 2. The molecule has 0 bridgehead atoms. The second-order valence-electron chi connectivity index (χ2n) is 9.68. The van der Waals surface area contributed by atoms with E-state index in [2.05, 4.69) is 19.1 Å². The van der Waals surface area contributed by atoms with Crippen LogP contribution in [-0.2, 0) is 9.53 Å². The molecule has 0 rings (SSSR count). The number of esters is 1. The van der Waals surface area contributed by atoms with Gasteiger partial charge in [-0.2, -0.15) is 0 Å². The summed E-state index contributed by atoms with van der Waals surface area (Å²) < 4.78 is 4.89. The maximum Gasteiger partial charge on any atom is 0.305 e. The van der Waals surface area contributed by atoms with Crippen molar-refractivity contribution in [1.29, 1.82) is 0 Å². The van der Waals surface area contributed by atoms with Gasteiger partial charge in [0.1, 0.15) is 12.7 Å². The quantitative estimate of drug-likeness (QED) is 0.0765. The van der Waals surface area contributed by atoms with Gasteiger partial charge in [-0.1, -0.05) is 122 Å². The Morgan fingerprint density at radius 3 is 1.48 bits per heavy atom. The van der Waals surface area contributed by atoms with Crippen LogP contribution in [0.4, 0.5) is 0 Å². The Morgan fingerprint density at radius 1 is 0.667 bits per heavy atom. The van der Waals surface area contributed by atoms with Crippen LogP contribution in [-0.4, -0.2) is 35.5 Å². The fraction of sp³-hybridized carbons (Fsp3) is 0.897. The van der Waals surface area contributed by atoms with Crippen molar-refractivity contribution in [1.82, 2.24) is 0 Å². The average Bonchev–Trinajstić information content (AvgIpc) is 2.82. The molecule has 2 N–H and O–H groups in total. The monoisotopic (exact) mass is 468 g/mol. The summed E-state index contributed by atoms with van der Waals surface area (Å²) in [5, 5.41) is 17.8. The van der Waals surface area contributed by atoms with Crippen LogP contribution in [0.2, 0.25) is 0 Å². The predicted octanol–water partition coefficient (Wildman–Crippen LogP) is 8.04. The van der Waals surface area contributed by atoms with Crippen LogP contribution < -0.4 is 0 Å². The molecular formula is C29H56O4. The van der Waals surface area contributed by atoms with E-state index < -0.39 is 6.10 Å². The van der Waals surface area contributed by atoms with Gasteiger partial charge >= 0.3 is 5.97 Å². The number of aliphatic hydroxyl groups excluding tert-OH is 2. The third-order valence-corrected chi connectivity index (χ3v) is 6.29. The number of ether oxygens (including phenoxy) is 1. The molecule has 0 radical (unpaired) electrons. The molecule has 0 heterocycles. The van der Waals surface area contributed by atoms with Crippen LogP contribution in [0.25, 0.3) is 0 Å². The summed E-state index contributed by atoms with van der Waals surface area (Å²) in [6.45, 7) is 1.80. The molecule has 1 unspecified atom stereocenters. The van der Waals surface area contributed by atoms with Gasteiger partial charge in [-0.25, -0.2) is 0 Å². The number of aliphatic hydroxyl groups is 2. The summed E-state index contributed by atoms with van der Waals surface area (Å²) in [5.74, 6) is -0.276. The van der Waals surface area contributed by atoms with E-state index in [1.165, 1.54) is 122 Å². The second-order valence-corrected chi connectivity index (χ2v) is 9.68. The van der Waals surface area contributed by atoms with Crippen molar-refractivity contribution in [2.45, 2.75) is 154 Å². The van der Waals surface area contributed by atoms with E-state index in [4.69, 9.17) is 14.9 Å². The Labute approximate surface area is 205 Å². The molecular weight excluding hydrogens is 412 g/mol. The molecule has 33 heavy (non-hydrogen) atoms. The van der Waals surface area contributed by atoms with Crippen LogP contribution in [0.15, 0.2) is 12.2 Å². The van der Waals surface area contributed by atoms with E-state index in [1.807, 2.05) is 0 Å². The first-order valence-corrected chi connectivity index (χ1v) is 14.3. The Hall–Kier alpha value is -0.870. The smallest absolute Gasteiger partial charge is 0.305 e. The number of carbonyl (C=O) groups excluding carboxylic acids is 1. The zero-order chi connectivity index (χ0) is 24.2. The predicted molar refractivity (Wildman–Crippen MR) is 140 cm³/mol. The minimum absolute atomic E-state index is 0.106. The van der Waals surface area contributed by atoms with Crippen molar-refractivity contribution in [2.75, 3.05) is 13.2 Å². The number of hydrogen-bond donors (Lipinski definition) is 2. The largest absolute Gasteiger partial charge is 0.463 e. The van der Waals surface area contributed by atoms with Gasteiger partial charge in [0.05, 0.1) is 6.61 Å². The summed E-state index contributed by atoms with van der Waals surface area (Å²) in [6.07, 6.45) is 31.8. The summed E-state index contributed by atoms with van der Waals surface area (Å²) in [5.41, 5.74) is 0. The van der Waals surface area contributed by atoms with E-state index in [9.17, 15) is 4.79 Å². The lowest BCUT2D eigenvalue weighted by atomic mass is 10.0. The van der Waals surface area contributed by atoms with Gasteiger partial charge in [-0.3, -0.25) is 4.79 Å². The average molecular weight is 469 g/mol. The van der Waals surface area contributed by atoms with Crippen LogP contribution in [0.3, 0.4) is 0 Å². The summed E-state index contributed by atoms with van der Waals surface area (Å²) in [4.78, 5) is 11.5. The number of hydrogen-bond acceptors (Lipinski definition) is 4. The van der Waals surface area contributed by atoms with Crippen molar-refractivity contribution >= 4 is 5.97 Å². The molecule has 0 spiro atoms. The van der Waals surface area contributed by atoms with Crippen molar-refractivity contribution in [3.05, 3.63) is 12.2 Å². The Morgan fingerprint density at radius 2 is 1.06 bits per heavy atom. The van der Waals surface area contributed by atoms with E-state index in [0.29, 0.717) is 6.42 Å². The van der Waals surface area contributed by atoms with Gasteiger partial charge in [0, 0.05) is 6.42 Å². The zero-order valence-electron chi connectivity index (χ0n) is 21.9. The molecule has 0 amide bonds. The van der Waals surface area contributed by atoms with Crippen molar-refractivity contribution in [3.8, 4) is 0 Å².